The van der Waals surface area contributed by atoms with Gasteiger partial charge in [0.05, 0.1) is 16.1 Å². The fraction of sp³-hybridized carbons (Fsp3) is 0.333. The summed E-state index contributed by atoms with van der Waals surface area (Å²) in [6.07, 6.45) is 2.28. The summed E-state index contributed by atoms with van der Waals surface area (Å²) in [5.41, 5.74) is 4.09. The van der Waals surface area contributed by atoms with Gasteiger partial charge in [0.25, 0.3) is 0 Å². The molecule has 0 saturated heterocycles. The summed E-state index contributed by atoms with van der Waals surface area (Å²) in [5.74, 6) is 0. The van der Waals surface area contributed by atoms with Crippen LogP contribution in [0.3, 0.4) is 0 Å². The van der Waals surface area contributed by atoms with Crippen molar-refractivity contribution >= 4 is 28.9 Å². The highest BCUT2D eigenvalue weighted by Gasteiger charge is 2.32. The molecule has 0 aromatic heterocycles. The summed E-state index contributed by atoms with van der Waals surface area (Å²) < 4.78 is 0. The number of hydrogen-bond acceptors (Lipinski definition) is 1. The third-order valence-electron chi connectivity index (χ3n) is 4.38. The van der Waals surface area contributed by atoms with E-state index in [4.69, 9.17) is 23.2 Å². The molecule has 0 heterocycles. The molecule has 0 aliphatic heterocycles. The first-order chi connectivity index (χ1) is 9.97. The number of halogens is 2. The van der Waals surface area contributed by atoms with Gasteiger partial charge in [0.15, 0.2) is 0 Å². The Balaban J connectivity index is 1.92. The molecule has 2 aromatic carbocycles. The van der Waals surface area contributed by atoms with Crippen molar-refractivity contribution in [3.63, 3.8) is 0 Å². The van der Waals surface area contributed by atoms with E-state index in [-0.39, 0.29) is 5.41 Å². The van der Waals surface area contributed by atoms with Gasteiger partial charge in [0.1, 0.15) is 0 Å². The first-order valence-electron chi connectivity index (χ1n) is 7.28. The van der Waals surface area contributed by atoms with Gasteiger partial charge < -0.3 is 5.32 Å². The maximum atomic E-state index is 6.11. The lowest BCUT2D eigenvalue weighted by Crippen LogP contribution is -2.29. The van der Waals surface area contributed by atoms with E-state index in [1.807, 2.05) is 18.2 Å². The van der Waals surface area contributed by atoms with Crippen LogP contribution in [0.4, 0.5) is 5.69 Å². The Bertz CT molecular complexity index is 664. The molecule has 3 heteroatoms. The maximum absolute atomic E-state index is 6.11. The van der Waals surface area contributed by atoms with Crippen molar-refractivity contribution in [2.75, 3.05) is 5.32 Å². The molecule has 1 atom stereocenters. The van der Waals surface area contributed by atoms with Crippen molar-refractivity contribution in [2.45, 2.75) is 38.1 Å². The van der Waals surface area contributed by atoms with Crippen molar-refractivity contribution < 1.29 is 0 Å². The van der Waals surface area contributed by atoms with Crippen LogP contribution in [-0.2, 0) is 5.41 Å². The molecule has 110 valence electrons. The Morgan fingerprint density at radius 1 is 1.05 bits per heavy atom. The Morgan fingerprint density at radius 2 is 1.81 bits per heavy atom. The van der Waals surface area contributed by atoms with Gasteiger partial charge in [0.2, 0.25) is 0 Å². The van der Waals surface area contributed by atoms with E-state index in [1.165, 1.54) is 17.5 Å². The van der Waals surface area contributed by atoms with Crippen LogP contribution in [-0.4, -0.2) is 0 Å². The molecule has 2 aromatic rings. The molecule has 1 N–H and O–H groups in total. The molecule has 21 heavy (non-hydrogen) atoms. The van der Waals surface area contributed by atoms with Crippen molar-refractivity contribution in [3.05, 3.63) is 63.6 Å². The lowest BCUT2D eigenvalue weighted by atomic mass is 9.71. The number of hydrogen-bond donors (Lipinski definition) is 1. The largest absolute Gasteiger partial charge is 0.378 e. The first kappa shape index (κ1) is 14.7. The summed E-state index contributed by atoms with van der Waals surface area (Å²) >= 11 is 12.1. The average Bonchev–Trinajstić information content (AvgIpc) is 2.46. The van der Waals surface area contributed by atoms with Crippen molar-refractivity contribution in [3.8, 4) is 0 Å². The van der Waals surface area contributed by atoms with Gasteiger partial charge in [-0.05, 0) is 47.6 Å². The highest BCUT2D eigenvalue weighted by atomic mass is 35.5. The minimum absolute atomic E-state index is 0.242. The Hall–Kier alpha value is -1.18. The van der Waals surface area contributed by atoms with Gasteiger partial charge in [-0.15, -0.1) is 0 Å². The van der Waals surface area contributed by atoms with E-state index in [0.717, 1.165) is 12.1 Å². The molecule has 0 amide bonds. The number of rotatable bonds is 2. The van der Waals surface area contributed by atoms with Crippen LogP contribution in [0.2, 0.25) is 10.0 Å². The molecular formula is C18H19Cl2N. The van der Waals surface area contributed by atoms with Crippen LogP contribution in [0.1, 0.15) is 43.9 Å². The number of anilines is 1. The molecule has 1 aliphatic rings. The summed E-state index contributed by atoms with van der Waals surface area (Å²) in [7, 11) is 0. The Kier molecular flexibility index (Phi) is 3.90. The zero-order valence-corrected chi connectivity index (χ0v) is 13.8. The molecule has 1 nitrogen and oxygen atoms in total. The van der Waals surface area contributed by atoms with Gasteiger partial charge in [-0.25, -0.2) is 0 Å². The minimum atomic E-state index is 0.242. The van der Waals surface area contributed by atoms with Crippen LogP contribution in [0.5, 0.6) is 0 Å². The van der Waals surface area contributed by atoms with Crippen LogP contribution in [0.15, 0.2) is 42.5 Å². The second-order valence-electron chi connectivity index (χ2n) is 6.34. The van der Waals surface area contributed by atoms with Gasteiger partial charge >= 0.3 is 0 Å². The number of benzene rings is 2. The average molecular weight is 320 g/mol. The number of fused-ring (bicyclic) bond motifs is 1. The fourth-order valence-corrected chi connectivity index (χ4v) is 3.45. The summed E-state index contributed by atoms with van der Waals surface area (Å²) in [6, 6.07) is 14.8. The van der Waals surface area contributed by atoms with E-state index in [0.29, 0.717) is 16.1 Å². The highest BCUT2D eigenvalue weighted by molar-refractivity contribution is 6.42. The normalized spacial score (nSPS) is 19.9. The molecule has 0 saturated carbocycles. The minimum Gasteiger partial charge on any atom is -0.378 e. The zero-order chi connectivity index (χ0) is 15.0. The Labute approximate surface area is 136 Å². The van der Waals surface area contributed by atoms with Crippen LogP contribution < -0.4 is 5.32 Å². The predicted molar refractivity (Wildman–Crippen MR) is 91.5 cm³/mol. The SMILES string of the molecule is CC1(C)CCC(Nc2ccc(Cl)c(Cl)c2)c2ccccc21. The lowest BCUT2D eigenvalue weighted by Gasteiger charge is -2.37. The molecule has 3 rings (SSSR count). The van der Waals surface area contributed by atoms with E-state index >= 15 is 0 Å². The third-order valence-corrected chi connectivity index (χ3v) is 5.12. The standard InChI is InChI=1S/C18H19Cl2N/c1-18(2)10-9-17(13-5-3-4-6-14(13)18)21-12-7-8-15(19)16(20)11-12/h3-8,11,17,21H,9-10H2,1-2H3. The summed E-state index contributed by atoms with van der Waals surface area (Å²) in [5, 5.41) is 4.78. The fourth-order valence-electron chi connectivity index (χ4n) is 3.15. The van der Waals surface area contributed by atoms with Crippen molar-refractivity contribution in [1.29, 1.82) is 0 Å². The van der Waals surface area contributed by atoms with Gasteiger partial charge in [-0.1, -0.05) is 61.3 Å². The molecule has 0 fully saturated rings. The number of nitrogens with one attached hydrogen (secondary N) is 1. The van der Waals surface area contributed by atoms with Gasteiger partial charge in [-0.2, -0.15) is 0 Å². The van der Waals surface area contributed by atoms with E-state index in [1.54, 1.807) is 0 Å². The van der Waals surface area contributed by atoms with Crippen LogP contribution in [0.25, 0.3) is 0 Å². The third kappa shape index (κ3) is 2.90. The molecule has 1 aliphatic carbocycles. The van der Waals surface area contributed by atoms with E-state index in [2.05, 4.69) is 43.4 Å². The first-order valence-corrected chi connectivity index (χ1v) is 8.04. The van der Waals surface area contributed by atoms with E-state index < -0.39 is 0 Å². The Morgan fingerprint density at radius 3 is 2.57 bits per heavy atom. The highest BCUT2D eigenvalue weighted by Crippen LogP contribution is 2.42. The summed E-state index contributed by atoms with van der Waals surface area (Å²) in [4.78, 5) is 0. The molecule has 0 spiro atoms. The van der Waals surface area contributed by atoms with Gasteiger partial charge in [0, 0.05) is 5.69 Å². The molecule has 0 radical (unpaired) electrons. The van der Waals surface area contributed by atoms with Crippen molar-refractivity contribution in [2.24, 2.45) is 0 Å². The second-order valence-corrected chi connectivity index (χ2v) is 7.15. The van der Waals surface area contributed by atoms with Gasteiger partial charge in [-0.3, -0.25) is 0 Å². The smallest absolute Gasteiger partial charge is 0.0612 e. The maximum Gasteiger partial charge on any atom is 0.0612 e. The molecule has 0 bridgehead atoms. The summed E-state index contributed by atoms with van der Waals surface area (Å²) in [6.45, 7) is 4.64. The molecular weight excluding hydrogens is 301 g/mol. The monoisotopic (exact) mass is 319 g/mol. The molecule has 1 unspecified atom stereocenters. The van der Waals surface area contributed by atoms with Crippen LogP contribution >= 0.6 is 23.2 Å². The zero-order valence-electron chi connectivity index (χ0n) is 12.3. The van der Waals surface area contributed by atoms with Crippen LogP contribution in [0, 0.1) is 0 Å². The topological polar surface area (TPSA) is 12.0 Å². The van der Waals surface area contributed by atoms with Crippen molar-refractivity contribution in [1.82, 2.24) is 0 Å². The predicted octanol–water partition coefficient (Wildman–Crippen LogP) is 6.22. The van der Waals surface area contributed by atoms with E-state index in [9.17, 15) is 0 Å². The quantitative estimate of drug-likeness (QED) is 0.693. The lowest BCUT2D eigenvalue weighted by molar-refractivity contribution is 0.406. The second kappa shape index (κ2) is 5.55.